The third-order valence-corrected chi connectivity index (χ3v) is 3.82. The standard InChI is InChI=1S/C14H20N4/c1-10-6-5-7-11(2)18(10)17-14-15-12-8-3-4-9-13(12)16-14/h3-4,8-11H,5-7H2,1-2H3,(H2,15,16,17). The molecule has 1 aliphatic rings. The fraction of sp³-hybridized carbons (Fsp3) is 0.500. The molecule has 18 heavy (non-hydrogen) atoms. The van der Waals surface area contributed by atoms with Crippen molar-refractivity contribution in [3.05, 3.63) is 24.3 Å². The minimum absolute atomic E-state index is 0.557. The molecule has 0 radical (unpaired) electrons. The molecule has 1 fully saturated rings. The highest BCUT2D eigenvalue weighted by molar-refractivity contribution is 5.77. The smallest absolute Gasteiger partial charge is 0.216 e. The summed E-state index contributed by atoms with van der Waals surface area (Å²) in [6, 6.07) is 9.23. The molecule has 2 atom stereocenters. The van der Waals surface area contributed by atoms with E-state index >= 15 is 0 Å². The maximum Gasteiger partial charge on any atom is 0.216 e. The predicted octanol–water partition coefficient (Wildman–Crippen LogP) is 3.15. The molecule has 0 spiro atoms. The van der Waals surface area contributed by atoms with Crippen molar-refractivity contribution < 1.29 is 0 Å². The van der Waals surface area contributed by atoms with Gasteiger partial charge in [-0.25, -0.2) is 9.99 Å². The lowest BCUT2D eigenvalue weighted by Gasteiger charge is -2.38. The SMILES string of the molecule is CC1CCCC(C)N1Nc1nc2ccccc2[nH]1. The number of H-pyrrole nitrogens is 1. The molecule has 0 aliphatic carbocycles. The van der Waals surface area contributed by atoms with Gasteiger partial charge >= 0.3 is 0 Å². The van der Waals surface area contributed by atoms with Crippen LogP contribution >= 0.6 is 0 Å². The number of imidazole rings is 1. The van der Waals surface area contributed by atoms with E-state index in [9.17, 15) is 0 Å². The molecule has 4 heteroatoms. The van der Waals surface area contributed by atoms with Gasteiger partial charge in [-0.15, -0.1) is 0 Å². The van der Waals surface area contributed by atoms with Crippen LogP contribution in [0.2, 0.25) is 0 Å². The Labute approximate surface area is 107 Å². The van der Waals surface area contributed by atoms with Gasteiger partial charge in [-0.3, -0.25) is 5.43 Å². The van der Waals surface area contributed by atoms with E-state index in [4.69, 9.17) is 0 Å². The third-order valence-electron chi connectivity index (χ3n) is 3.82. The minimum Gasteiger partial charge on any atom is -0.323 e. The molecule has 1 aliphatic heterocycles. The Bertz CT molecular complexity index is 490. The largest absolute Gasteiger partial charge is 0.323 e. The number of hydrogen-bond acceptors (Lipinski definition) is 3. The number of hydrazine groups is 1. The molecule has 2 N–H and O–H groups in total. The van der Waals surface area contributed by atoms with Crippen molar-refractivity contribution in [2.45, 2.75) is 45.2 Å². The molecule has 2 heterocycles. The molecule has 1 aromatic heterocycles. The Morgan fingerprint density at radius 1 is 1.22 bits per heavy atom. The molecule has 0 bridgehead atoms. The molecular weight excluding hydrogens is 224 g/mol. The summed E-state index contributed by atoms with van der Waals surface area (Å²) in [7, 11) is 0. The molecule has 0 saturated carbocycles. The molecule has 2 unspecified atom stereocenters. The van der Waals surface area contributed by atoms with Crippen LogP contribution < -0.4 is 5.43 Å². The number of rotatable bonds is 2. The van der Waals surface area contributed by atoms with Gasteiger partial charge in [0.25, 0.3) is 0 Å². The van der Waals surface area contributed by atoms with E-state index < -0.39 is 0 Å². The number of aromatic amines is 1. The Morgan fingerprint density at radius 2 is 1.94 bits per heavy atom. The molecule has 3 rings (SSSR count). The minimum atomic E-state index is 0.557. The number of piperidine rings is 1. The van der Waals surface area contributed by atoms with Gasteiger partial charge in [0.1, 0.15) is 0 Å². The van der Waals surface area contributed by atoms with Crippen LogP contribution in [-0.4, -0.2) is 27.1 Å². The fourth-order valence-electron chi connectivity index (χ4n) is 2.77. The zero-order valence-electron chi connectivity index (χ0n) is 11.0. The monoisotopic (exact) mass is 244 g/mol. The molecular formula is C14H20N4. The quantitative estimate of drug-likeness (QED) is 0.853. The second-order valence-corrected chi connectivity index (χ2v) is 5.25. The van der Waals surface area contributed by atoms with Crippen LogP contribution in [0.5, 0.6) is 0 Å². The van der Waals surface area contributed by atoms with Gasteiger partial charge in [0.2, 0.25) is 5.95 Å². The van der Waals surface area contributed by atoms with Crippen molar-refractivity contribution in [1.82, 2.24) is 15.0 Å². The van der Waals surface area contributed by atoms with Crippen LogP contribution in [0, 0.1) is 0 Å². The first-order chi connectivity index (χ1) is 8.74. The number of benzene rings is 1. The highest BCUT2D eigenvalue weighted by Gasteiger charge is 2.25. The summed E-state index contributed by atoms with van der Waals surface area (Å²) >= 11 is 0. The lowest BCUT2D eigenvalue weighted by molar-refractivity contribution is 0.134. The van der Waals surface area contributed by atoms with Gasteiger partial charge in [0.15, 0.2) is 0 Å². The molecule has 1 aromatic carbocycles. The normalized spacial score (nSPS) is 25.4. The Balaban J connectivity index is 1.82. The van der Waals surface area contributed by atoms with Crippen molar-refractivity contribution in [1.29, 1.82) is 0 Å². The van der Waals surface area contributed by atoms with Gasteiger partial charge in [0, 0.05) is 12.1 Å². The summed E-state index contributed by atoms with van der Waals surface area (Å²) in [5, 5.41) is 2.32. The van der Waals surface area contributed by atoms with E-state index in [1.165, 1.54) is 19.3 Å². The molecule has 2 aromatic rings. The zero-order chi connectivity index (χ0) is 12.5. The second kappa shape index (κ2) is 4.61. The van der Waals surface area contributed by atoms with Crippen molar-refractivity contribution in [2.75, 3.05) is 5.43 Å². The summed E-state index contributed by atoms with van der Waals surface area (Å²) in [5.41, 5.74) is 5.53. The summed E-state index contributed by atoms with van der Waals surface area (Å²) in [6.07, 6.45) is 3.82. The number of fused-ring (bicyclic) bond motifs is 1. The molecule has 1 saturated heterocycles. The first-order valence-corrected chi connectivity index (χ1v) is 6.74. The number of hydrogen-bond donors (Lipinski definition) is 2. The van der Waals surface area contributed by atoms with Gasteiger partial charge < -0.3 is 4.98 Å². The average molecular weight is 244 g/mol. The van der Waals surface area contributed by atoms with Crippen molar-refractivity contribution in [3.8, 4) is 0 Å². The summed E-state index contributed by atoms with van der Waals surface area (Å²) in [6.45, 7) is 4.54. The number of nitrogens with one attached hydrogen (secondary N) is 2. The van der Waals surface area contributed by atoms with Gasteiger partial charge in [-0.1, -0.05) is 18.6 Å². The molecule has 96 valence electrons. The molecule has 4 nitrogen and oxygen atoms in total. The highest BCUT2D eigenvalue weighted by atomic mass is 15.6. The van der Waals surface area contributed by atoms with Crippen LogP contribution in [0.15, 0.2) is 24.3 Å². The first-order valence-electron chi connectivity index (χ1n) is 6.74. The number of anilines is 1. The number of para-hydroxylation sites is 2. The summed E-state index contributed by atoms with van der Waals surface area (Å²) < 4.78 is 0. The summed E-state index contributed by atoms with van der Waals surface area (Å²) in [4.78, 5) is 7.89. The van der Waals surface area contributed by atoms with Gasteiger partial charge in [0.05, 0.1) is 11.0 Å². The maximum atomic E-state index is 4.57. The fourth-order valence-corrected chi connectivity index (χ4v) is 2.77. The lowest BCUT2D eigenvalue weighted by Crippen LogP contribution is -2.47. The van der Waals surface area contributed by atoms with Crippen LogP contribution in [0.1, 0.15) is 33.1 Å². The second-order valence-electron chi connectivity index (χ2n) is 5.25. The van der Waals surface area contributed by atoms with E-state index in [1.807, 2.05) is 18.2 Å². The van der Waals surface area contributed by atoms with E-state index in [1.54, 1.807) is 0 Å². The number of aromatic nitrogens is 2. The zero-order valence-corrected chi connectivity index (χ0v) is 11.0. The highest BCUT2D eigenvalue weighted by Crippen LogP contribution is 2.23. The van der Waals surface area contributed by atoms with Crippen molar-refractivity contribution >= 4 is 17.0 Å². The van der Waals surface area contributed by atoms with Crippen LogP contribution in [0.4, 0.5) is 5.95 Å². The van der Waals surface area contributed by atoms with Gasteiger partial charge in [-0.2, -0.15) is 0 Å². The van der Waals surface area contributed by atoms with Crippen molar-refractivity contribution in [3.63, 3.8) is 0 Å². The van der Waals surface area contributed by atoms with Crippen molar-refractivity contribution in [2.24, 2.45) is 0 Å². The van der Waals surface area contributed by atoms with E-state index in [2.05, 4.69) is 40.3 Å². The van der Waals surface area contributed by atoms with Crippen LogP contribution in [-0.2, 0) is 0 Å². The van der Waals surface area contributed by atoms with E-state index in [-0.39, 0.29) is 0 Å². The van der Waals surface area contributed by atoms with E-state index in [0.717, 1.165) is 17.0 Å². The Kier molecular flexibility index (Phi) is 2.96. The van der Waals surface area contributed by atoms with E-state index in [0.29, 0.717) is 12.1 Å². The number of nitrogens with zero attached hydrogens (tertiary/aromatic N) is 2. The maximum absolute atomic E-state index is 4.57. The topological polar surface area (TPSA) is 44.0 Å². The summed E-state index contributed by atoms with van der Waals surface area (Å²) in [5.74, 6) is 0.844. The average Bonchev–Trinajstić information content (AvgIpc) is 2.76. The molecule has 0 amide bonds. The predicted molar refractivity (Wildman–Crippen MR) is 74.3 cm³/mol. The first kappa shape index (κ1) is 11.5. The van der Waals surface area contributed by atoms with Gasteiger partial charge in [-0.05, 0) is 38.8 Å². The Morgan fingerprint density at radius 3 is 2.67 bits per heavy atom. The van der Waals surface area contributed by atoms with Crippen LogP contribution in [0.25, 0.3) is 11.0 Å². The third kappa shape index (κ3) is 2.08. The van der Waals surface area contributed by atoms with Crippen LogP contribution in [0.3, 0.4) is 0 Å². The Hall–Kier alpha value is -1.55. The lowest BCUT2D eigenvalue weighted by atomic mass is 10.00.